The molecule has 0 unspecified atom stereocenters. The molecule has 0 saturated heterocycles. The molecular formula is C8H12Cl4N2O2. The lowest BCUT2D eigenvalue weighted by Gasteiger charge is -2.20. The van der Waals surface area contributed by atoms with Crippen LogP contribution < -0.4 is 10.6 Å². The number of hydrogen-bond donors (Lipinski definition) is 2. The van der Waals surface area contributed by atoms with Crippen molar-refractivity contribution in [3.8, 4) is 0 Å². The molecule has 0 aromatic rings. The molecule has 0 saturated carbocycles. The van der Waals surface area contributed by atoms with E-state index in [0.29, 0.717) is 6.42 Å². The number of amides is 2. The highest BCUT2D eigenvalue weighted by atomic mass is 35.5. The molecule has 0 atom stereocenters. The quantitative estimate of drug-likeness (QED) is 0.582. The Kier molecular flexibility index (Phi) is 8.28. The Hall–Kier alpha value is 0.1000. The van der Waals surface area contributed by atoms with Gasteiger partial charge < -0.3 is 10.6 Å². The van der Waals surface area contributed by atoms with Crippen LogP contribution in [0, 0.1) is 0 Å². The highest BCUT2D eigenvalue weighted by Crippen LogP contribution is 2.05. The first-order chi connectivity index (χ1) is 7.38. The second kappa shape index (κ2) is 8.23. The molecular weight excluding hydrogens is 298 g/mol. The van der Waals surface area contributed by atoms with Gasteiger partial charge in [0.25, 0.3) is 11.8 Å². The van der Waals surface area contributed by atoms with Gasteiger partial charge in [0.05, 0.1) is 0 Å². The van der Waals surface area contributed by atoms with Gasteiger partial charge in [-0.05, 0) is 6.42 Å². The fourth-order valence-electron chi connectivity index (χ4n) is 0.939. The normalized spacial score (nSPS) is 11.0. The summed E-state index contributed by atoms with van der Waals surface area (Å²) < 4.78 is 0. The van der Waals surface area contributed by atoms with E-state index in [-0.39, 0.29) is 0 Å². The van der Waals surface area contributed by atoms with Crippen LogP contribution in [0.3, 0.4) is 0 Å². The van der Waals surface area contributed by atoms with Crippen molar-refractivity contribution in [1.29, 1.82) is 0 Å². The molecule has 8 heteroatoms. The van der Waals surface area contributed by atoms with Crippen LogP contribution in [0.5, 0.6) is 0 Å². The third kappa shape index (κ3) is 6.63. The van der Waals surface area contributed by atoms with Gasteiger partial charge in [-0.15, -0.1) is 0 Å². The Balaban J connectivity index is 4.27. The fraction of sp³-hybridized carbons (Fsp3) is 0.750. The number of nitrogens with one attached hydrogen (secondary N) is 2. The molecule has 0 aromatic carbocycles. The Labute approximate surface area is 114 Å². The molecule has 0 spiro atoms. The first-order valence-electron chi connectivity index (χ1n) is 4.55. The average molecular weight is 310 g/mol. The van der Waals surface area contributed by atoms with Gasteiger partial charge in [0.1, 0.15) is 6.17 Å². The van der Waals surface area contributed by atoms with E-state index in [2.05, 4.69) is 10.6 Å². The summed E-state index contributed by atoms with van der Waals surface area (Å²) in [7, 11) is 0. The lowest BCUT2D eigenvalue weighted by molar-refractivity contribution is -0.122. The molecule has 16 heavy (non-hydrogen) atoms. The number of carbonyl (C=O) groups excluding carboxylic acids is 2. The van der Waals surface area contributed by atoms with Crippen LogP contribution in [0.15, 0.2) is 0 Å². The van der Waals surface area contributed by atoms with Crippen LogP contribution in [-0.2, 0) is 9.59 Å². The number of alkyl halides is 4. The van der Waals surface area contributed by atoms with Crippen LogP contribution in [0.25, 0.3) is 0 Å². The van der Waals surface area contributed by atoms with Crippen LogP contribution >= 0.6 is 46.4 Å². The monoisotopic (exact) mass is 308 g/mol. The first kappa shape index (κ1) is 16.1. The summed E-state index contributed by atoms with van der Waals surface area (Å²) >= 11 is 21.4. The lowest BCUT2D eigenvalue weighted by atomic mass is 10.2. The van der Waals surface area contributed by atoms with Crippen LogP contribution in [0.1, 0.15) is 19.8 Å². The number of rotatable bonds is 6. The predicted octanol–water partition coefficient (Wildman–Crippen LogP) is 1.95. The minimum Gasteiger partial charge on any atom is -0.334 e. The van der Waals surface area contributed by atoms with Gasteiger partial charge in [-0.2, -0.15) is 0 Å². The van der Waals surface area contributed by atoms with Crippen molar-refractivity contribution < 1.29 is 9.59 Å². The largest absolute Gasteiger partial charge is 0.334 e. The highest BCUT2D eigenvalue weighted by molar-refractivity contribution is 6.54. The minimum atomic E-state index is -1.18. The van der Waals surface area contributed by atoms with Crippen molar-refractivity contribution in [2.75, 3.05) is 0 Å². The zero-order valence-corrected chi connectivity index (χ0v) is 11.5. The Morgan fingerprint density at radius 1 is 1.00 bits per heavy atom. The molecule has 0 rings (SSSR count). The molecule has 2 amide bonds. The van der Waals surface area contributed by atoms with Crippen LogP contribution in [-0.4, -0.2) is 27.7 Å². The van der Waals surface area contributed by atoms with Gasteiger partial charge in [-0.3, -0.25) is 9.59 Å². The smallest absolute Gasteiger partial charge is 0.254 e. The van der Waals surface area contributed by atoms with E-state index >= 15 is 0 Å². The van der Waals surface area contributed by atoms with E-state index in [1.807, 2.05) is 6.92 Å². The Morgan fingerprint density at radius 3 is 1.62 bits per heavy atom. The third-order valence-corrected chi connectivity index (χ3v) is 2.40. The van der Waals surface area contributed by atoms with E-state index in [1.54, 1.807) is 0 Å². The molecule has 0 aliphatic heterocycles. The van der Waals surface area contributed by atoms with Gasteiger partial charge in [-0.1, -0.05) is 59.7 Å². The van der Waals surface area contributed by atoms with E-state index < -0.39 is 27.7 Å². The van der Waals surface area contributed by atoms with Gasteiger partial charge >= 0.3 is 0 Å². The van der Waals surface area contributed by atoms with E-state index in [4.69, 9.17) is 46.4 Å². The average Bonchev–Trinajstić information content (AvgIpc) is 2.17. The summed E-state index contributed by atoms with van der Waals surface area (Å²) in [6, 6.07) is 0. The maximum Gasteiger partial charge on any atom is 0.254 e. The molecule has 4 nitrogen and oxygen atoms in total. The lowest BCUT2D eigenvalue weighted by Crippen LogP contribution is -2.50. The van der Waals surface area contributed by atoms with Crippen molar-refractivity contribution in [2.45, 2.75) is 35.6 Å². The molecule has 0 aliphatic carbocycles. The fourth-order valence-corrected chi connectivity index (χ4v) is 1.19. The summed E-state index contributed by atoms with van der Waals surface area (Å²) in [5, 5.41) is 4.90. The predicted molar refractivity (Wildman–Crippen MR) is 66.0 cm³/mol. The first-order valence-corrected chi connectivity index (χ1v) is 6.30. The van der Waals surface area contributed by atoms with E-state index in [0.717, 1.165) is 6.42 Å². The molecule has 0 radical (unpaired) electrons. The summed E-state index contributed by atoms with van der Waals surface area (Å²) in [5.41, 5.74) is 0. The molecule has 2 N–H and O–H groups in total. The number of halogens is 4. The zero-order valence-electron chi connectivity index (χ0n) is 8.47. The Bertz CT molecular complexity index is 226. The summed E-state index contributed by atoms with van der Waals surface area (Å²) in [6.07, 6.45) is 0.693. The second-order valence-electron chi connectivity index (χ2n) is 2.96. The van der Waals surface area contributed by atoms with Crippen molar-refractivity contribution >= 4 is 58.2 Å². The van der Waals surface area contributed by atoms with E-state index in [9.17, 15) is 9.59 Å². The van der Waals surface area contributed by atoms with Crippen molar-refractivity contribution in [2.24, 2.45) is 0 Å². The standard InChI is InChI=1S/C8H12Cl4N2O2/c1-2-3-4(13-7(15)5(9)10)14-8(16)6(11)12/h4-6H,2-3H2,1H3,(H,13,15)(H,14,16). The summed E-state index contributed by atoms with van der Waals surface area (Å²) in [4.78, 5) is 20.0. The summed E-state index contributed by atoms with van der Waals surface area (Å²) in [5.74, 6) is -1.16. The van der Waals surface area contributed by atoms with Crippen molar-refractivity contribution in [1.82, 2.24) is 10.6 Å². The summed E-state index contributed by atoms with van der Waals surface area (Å²) in [6.45, 7) is 1.89. The molecule has 94 valence electrons. The topological polar surface area (TPSA) is 58.2 Å². The van der Waals surface area contributed by atoms with E-state index in [1.165, 1.54) is 0 Å². The van der Waals surface area contributed by atoms with Gasteiger partial charge in [0, 0.05) is 0 Å². The minimum absolute atomic E-state index is 0.526. The van der Waals surface area contributed by atoms with Crippen LogP contribution in [0.2, 0.25) is 0 Å². The highest BCUT2D eigenvalue weighted by Gasteiger charge is 2.20. The zero-order chi connectivity index (χ0) is 12.7. The second-order valence-corrected chi connectivity index (χ2v) is 5.15. The van der Waals surface area contributed by atoms with Crippen molar-refractivity contribution in [3.05, 3.63) is 0 Å². The third-order valence-electron chi connectivity index (χ3n) is 1.61. The van der Waals surface area contributed by atoms with Crippen LogP contribution in [0.4, 0.5) is 0 Å². The van der Waals surface area contributed by atoms with Gasteiger partial charge in [-0.25, -0.2) is 0 Å². The van der Waals surface area contributed by atoms with Gasteiger partial charge in [0.2, 0.25) is 0 Å². The maximum atomic E-state index is 11.2. The van der Waals surface area contributed by atoms with Crippen molar-refractivity contribution in [3.63, 3.8) is 0 Å². The molecule has 0 fully saturated rings. The maximum absolute atomic E-state index is 11.2. The number of carbonyl (C=O) groups is 2. The SMILES string of the molecule is CCCC(NC(=O)C(Cl)Cl)NC(=O)C(Cl)Cl. The molecule has 0 aromatic heterocycles. The molecule has 0 aliphatic rings. The Morgan fingerprint density at radius 2 is 1.38 bits per heavy atom. The van der Waals surface area contributed by atoms with Gasteiger partial charge in [0.15, 0.2) is 9.67 Å². The molecule has 0 bridgehead atoms. The number of hydrogen-bond acceptors (Lipinski definition) is 2. The molecule has 0 heterocycles.